The topological polar surface area (TPSA) is 98.5 Å². The molecule has 1 aliphatic rings. The zero-order valence-electron chi connectivity index (χ0n) is 12.1. The number of esters is 1. The Morgan fingerprint density at radius 3 is 2.40 bits per heavy atom. The fourth-order valence-corrected chi connectivity index (χ4v) is 4.01. The molecule has 0 radical (unpaired) electrons. The molecule has 0 aromatic rings. The second-order valence-corrected chi connectivity index (χ2v) is 7.03. The lowest BCUT2D eigenvalue weighted by molar-refractivity contribution is -0.149. The van der Waals surface area contributed by atoms with E-state index in [2.05, 4.69) is 4.72 Å². The third kappa shape index (κ3) is 5.20. The molecule has 0 heterocycles. The summed E-state index contributed by atoms with van der Waals surface area (Å²) < 4.78 is 31.4. The van der Waals surface area contributed by atoms with Crippen LogP contribution in [0.15, 0.2) is 0 Å². The first kappa shape index (κ1) is 19.6. The Hall–Kier alpha value is -0.370. The summed E-state index contributed by atoms with van der Waals surface area (Å²) >= 11 is 0. The summed E-state index contributed by atoms with van der Waals surface area (Å²) in [6.45, 7) is 1.92. The number of hydrogen-bond acceptors (Lipinski definition) is 5. The van der Waals surface area contributed by atoms with E-state index in [0.29, 0.717) is 32.1 Å². The van der Waals surface area contributed by atoms with Crippen molar-refractivity contribution in [1.82, 2.24) is 4.72 Å². The average Bonchev–Trinajstić information content (AvgIpc) is 2.38. The molecule has 1 fully saturated rings. The molecule has 20 heavy (non-hydrogen) atoms. The summed E-state index contributed by atoms with van der Waals surface area (Å²) in [4.78, 5) is 12.0. The van der Waals surface area contributed by atoms with Crippen molar-refractivity contribution in [2.45, 2.75) is 57.0 Å². The van der Waals surface area contributed by atoms with Gasteiger partial charge in [-0.15, -0.1) is 12.4 Å². The number of ether oxygens (including phenoxy) is 1. The highest BCUT2D eigenvalue weighted by molar-refractivity contribution is 7.89. The van der Waals surface area contributed by atoms with Crippen molar-refractivity contribution in [3.63, 3.8) is 0 Å². The van der Waals surface area contributed by atoms with E-state index in [-0.39, 0.29) is 24.2 Å². The molecule has 1 rings (SSSR count). The minimum Gasteiger partial charge on any atom is -0.468 e. The van der Waals surface area contributed by atoms with Gasteiger partial charge in [-0.05, 0) is 32.1 Å². The number of carbonyl (C=O) groups excluding carboxylic acids is 1. The zero-order valence-corrected chi connectivity index (χ0v) is 13.7. The molecule has 0 amide bonds. The molecular formula is C12H25ClN2O4S. The van der Waals surface area contributed by atoms with E-state index in [0.717, 1.165) is 6.42 Å². The summed E-state index contributed by atoms with van der Waals surface area (Å²) in [6, 6.07) is 0.0259. The Morgan fingerprint density at radius 2 is 1.95 bits per heavy atom. The molecule has 1 saturated carbocycles. The minimum absolute atomic E-state index is 0. The highest BCUT2D eigenvalue weighted by atomic mass is 35.5. The van der Waals surface area contributed by atoms with E-state index in [1.165, 1.54) is 7.11 Å². The van der Waals surface area contributed by atoms with Gasteiger partial charge < -0.3 is 10.5 Å². The first-order chi connectivity index (χ1) is 8.85. The van der Waals surface area contributed by atoms with E-state index in [4.69, 9.17) is 10.5 Å². The molecule has 0 aliphatic heterocycles. The third-order valence-electron chi connectivity index (χ3n) is 3.58. The number of hydrogen-bond donors (Lipinski definition) is 2. The maximum atomic E-state index is 12.0. The molecule has 0 aromatic heterocycles. The molecule has 0 atom stereocenters. The highest BCUT2D eigenvalue weighted by Gasteiger charge is 2.45. The van der Waals surface area contributed by atoms with Crippen LogP contribution in [0.25, 0.3) is 0 Å². The lowest BCUT2D eigenvalue weighted by Gasteiger charge is -2.37. The largest absolute Gasteiger partial charge is 0.468 e. The van der Waals surface area contributed by atoms with E-state index in [1.54, 1.807) is 0 Å². The fraction of sp³-hybridized carbons (Fsp3) is 0.917. The number of nitrogens with two attached hydrogens (primary N) is 1. The minimum atomic E-state index is -3.47. The van der Waals surface area contributed by atoms with Crippen molar-refractivity contribution < 1.29 is 17.9 Å². The Morgan fingerprint density at radius 1 is 1.40 bits per heavy atom. The van der Waals surface area contributed by atoms with E-state index >= 15 is 0 Å². The first-order valence-corrected chi connectivity index (χ1v) is 8.36. The molecule has 0 bridgehead atoms. The highest BCUT2D eigenvalue weighted by Crippen LogP contribution is 2.29. The van der Waals surface area contributed by atoms with Crippen molar-refractivity contribution in [3.8, 4) is 0 Å². The maximum absolute atomic E-state index is 12.0. The van der Waals surface area contributed by atoms with E-state index in [1.807, 2.05) is 6.92 Å². The second kappa shape index (κ2) is 8.17. The van der Waals surface area contributed by atoms with Gasteiger partial charge in [0.25, 0.3) is 0 Å². The molecule has 8 heteroatoms. The van der Waals surface area contributed by atoms with Crippen LogP contribution in [0.2, 0.25) is 0 Å². The number of halogens is 1. The number of sulfonamides is 1. The lowest BCUT2D eigenvalue weighted by Crippen LogP contribution is -2.58. The Labute approximate surface area is 127 Å². The number of rotatable bonds is 6. The fourth-order valence-electron chi connectivity index (χ4n) is 2.36. The quantitative estimate of drug-likeness (QED) is 0.707. The molecular weight excluding hydrogens is 304 g/mol. The zero-order chi connectivity index (χ0) is 14.5. The molecule has 120 valence electrons. The van der Waals surface area contributed by atoms with Gasteiger partial charge in [-0.1, -0.05) is 13.3 Å². The van der Waals surface area contributed by atoms with Gasteiger partial charge >= 0.3 is 5.97 Å². The number of methoxy groups -OCH3 is 1. The van der Waals surface area contributed by atoms with Crippen molar-refractivity contribution in [3.05, 3.63) is 0 Å². The van der Waals surface area contributed by atoms with Crippen molar-refractivity contribution in [2.24, 2.45) is 5.73 Å². The average molecular weight is 329 g/mol. The van der Waals surface area contributed by atoms with Gasteiger partial charge in [0, 0.05) is 6.04 Å². The Bertz CT molecular complexity index is 406. The third-order valence-corrected chi connectivity index (χ3v) is 5.11. The molecule has 3 N–H and O–H groups in total. The van der Waals surface area contributed by atoms with Crippen LogP contribution in [-0.4, -0.2) is 38.8 Å². The Balaban J connectivity index is 0.00000361. The predicted molar refractivity (Wildman–Crippen MR) is 80.3 cm³/mol. The Kier molecular flexibility index (Phi) is 8.01. The molecule has 0 unspecified atom stereocenters. The van der Waals surface area contributed by atoms with Crippen LogP contribution < -0.4 is 10.5 Å². The summed E-state index contributed by atoms with van der Waals surface area (Å²) in [5.74, 6) is -0.478. The van der Waals surface area contributed by atoms with Crippen molar-refractivity contribution >= 4 is 28.4 Å². The molecule has 0 aromatic carbocycles. The van der Waals surface area contributed by atoms with Crippen molar-refractivity contribution in [1.29, 1.82) is 0 Å². The predicted octanol–water partition coefficient (Wildman–Crippen LogP) is 0.941. The monoisotopic (exact) mass is 328 g/mol. The molecule has 0 saturated heterocycles. The number of nitrogens with one attached hydrogen (secondary N) is 1. The number of carbonyl (C=O) groups is 1. The number of unbranched alkanes of at least 4 members (excludes halogenated alkanes) is 1. The second-order valence-electron chi connectivity index (χ2n) is 5.19. The standard InChI is InChI=1S/C12H24N2O4S.ClH/c1-3-4-9-19(16,17)14-12(11(15)18-2)7-5-10(13)6-8-12;/h10,14H,3-9,13H2,1-2H3;1H. The van der Waals surface area contributed by atoms with Gasteiger partial charge in [-0.3, -0.25) is 4.79 Å². The SMILES string of the molecule is CCCCS(=O)(=O)NC1(C(=O)OC)CCC(N)CC1.Cl. The summed E-state index contributed by atoms with van der Waals surface area (Å²) in [5, 5.41) is 0. The van der Waals surface area contributed by atoms with Crippen LogP contribution >= 0.6 is 12.4 Å². The molecule has 6 nitrogen and oxygen atoms in total. The smallest absolute Gasteiger partial charge is 0.327 e. The summed E-state index contributed by atoms with van der Waals surface area (Å²) in [7, 11) is -2.19. The van der Waals surface area contributed by atoms with E-state index < -0.39 is 21.5 Å². The summed E-state index contributed by atoms with van der Waals surface area (Å²) in [6.07, 6.45) is 3.39. The van der Waals surface area contributed by atoms with Crippen LogP contribution in [0.1, 0.15) is 45.4 Å². The maximum Gasteiger partial charge on any atom is 0.327 e. The van der Waals surface area contributed by atoms with E-state index in [9.17, 15) is 13.2 Å². The van der Waals surface area contributed by atoms with Gasteiger partial charge in [0.15, 0.2) is 0 Å². The first-order valence-electron chi connectivity index (χ1n) is 6.71. The van der Waals surface area contributed by atoms with Gasteiger partial charge in [0.1, 0.15) is 5.54 Å². The van der Waals surface area contributed by atoms with Gasteiger partial charge in [0.2, 0.25) is 10.0 Å². The molecule has 1 aliphatic carbocycles. The van der Waals surface area contributed by atoms with Gasteiger partial charge in [-0.25, -0.2) is 8.42 Å². The van der Waals surface area contributed by atoms with Gasteiger partial charge in [-0.2, -0.15) is 4.72 Å². The van der Waals surface area contributed by atoms with Gasteiger partial charge in [0.05, 0.1) is 12.9 Å². The van der Waals surface area contributed by atoms with Crippen LogP contribution in [-0.2, 0) is 19.6 Å². The molecule has 0 spiro atoms. The van der Waals surface area contributed by atoms with Crippen molar-refractivity contribution in [2.75, 3.05) is 12.9 Å². The van der Waals surface area contributed by atoms with Crippen LogP contribution in [0.5, 0.6) is 0 Å². The van der Waals surface area contributed by atoms with Crippen LogP contribution in [0.4, 0.5) is 0 Å². The van der Waals surface area contributed by atoms with Crippen LogP contribution in [0, 0.1) is 0 Å². The normalized spacial score (nSPS) is 26.6. The lowest BCUT2D eigenvalue weighted by atomic mass is 9.80. The summed E-state index contributed by atoms with van der Waals surface area (Å²) in [5.41, 5.74) is 4.68. The van der Waals surface area contributed by atoms with Crippen LogP contribution in [0.3, 0.4) is 0 Å².